The lowest BCUT2D eigenvalue weighted by Gasteiger charge is -2.14. The van der Waals surface area contributed by atoms with Crippen molar-refractivity contribution >= 4 is 46.3 Å². The third-order valence-electron chi connectivity index (χ3n) is 3.41. The second-order valence-corrected chi connectivity index (χ2v) is 5.58. The molecular weight excluding hydrogens is 371 g/mol. The van der Waals surface area contributed by atoms with Gasteiger partial charge in [-0.05, 0) is 36.5 Å². The molecule has 1 aromatic heterocycles. The minimum atomic E-state index is -0.250. The Labute approximate surface area is 152 Å². The van der Waals surface area contributed by atoms with E-state index in [1.54, 1.807) is 36.4 Å². The zero-order valence-corrected chi connectivity index (χ0v) is 14.6. The zero-order chi connectivity index (χ0) is 17.1. The molecule has 124 valence electrons. The van der Waals surface area contributed by atoms with Crippen LogP contribution in [0.4, 0.5) is 0 Å². The van der Waals surface area contributed by atoms with E-state index < -0.39 is 0 Å². The van der Waals surface area contributed by atoms with Crippen molar-refractivity contribution in [3.8, 4) is 17.2 Å². The van der Waals surface area contributed by atoms with Crippen LogP contribution in [0.3, 0.4) is 0 Å². The summed E-state index contributed by atoms with van der Waals surface area (Å²) in [6, 6.07) is 12.0. The van der Waals surface area contributed by atoms with Crippen LogP contribution in [-0.2, 0) is 0 Å². The summed E-state index contributed by atoms with van der Waals surface area (Å²) in [6.07, 6.45) is 0. The summed E-state index contributed by atoms with van der Waals surface area (Å²) in [6.45, 7) is 0. The van der Waals surface area contributed by atoms with Crippen LogP contribution in [0.1, 0.15) is 0 Å². The van der Waals surface area contributed by atoms with E-state index in [0.717, 1.165) is 0 Å². The van der Waals surface area contributed by atoms with E-state index in [9.17, 15) is 4.79 Å². The smallest absolute Gasteiger partial charge is 0.266 e. The first-order valence-electron chi connectivity index (χ1n) is 6.91. The van der Waals surface area contributed by atoms with Crippen molar-refractivity contribution in [3.05, 3.63) is 57.6 Å². The van der Waals surface area contributed by atoms with Gasteiger partial charge in [0, 0.05) is 6.07 Å². The van der Waals surface area contributed by atoms with Crippen LogP contribution in [0.5, 0.6) is 11.5 Å². The number of halogens is 2. The zero-order valence-electron chi connectivity index (χ0n) is 12.3. The fourth-order valence-electron chi connectivity index (χ4n) is 2.39. The molecule has 0 aliphatic rings. The van der Waals surface area contributed by atoms with Gasteiger partial charge in [-0.1, -0.05) is 35.3 Å². The van der Waals surface area contributed by atoms with Crippen LogP contribution in [0, 0.1) is 4.77 Å². The Morgan fingerprint density at radius 1 is 1.08 bits per heavy atom. The number of ether oxygens (including phenoxy) is 2. The number of fused-ring (bicyclic) bond motifs is 1. The third-order valence-corrected chi connectivity index (χ3v) is 3.91. The van der Waals surface area contributed by atoms with Crippen LogP contribution in [0.2, 0.25) is 0 Å². The fraction of sp³-hybridized carbons (Fsp3) is 0.125. The average molecular weight is 383 g/mol. The Morgan fingerprint density at radius 2 is 1.83 bits per heavy atom. The van der Waals surface area contributed by atoms with Crippen LogP contribution in [-0.4, -0.2) is 21.7 Å². The molecule has 1 N–H and O–H groups in total. The Hall–Kier alpha value is -2.02. The van der Waals surface area contributed by atoms with Crippen LogP contribution in [0.25, 0.3) is 16.6 Å². The number of hydrogen-bond donors (Lipinski definition) is 1. The highest BCUT2D eigenvalue weighted by Gasteiger charge is 2.13. The van der Waals surface area contributed by atoms with Gasteiger partial charge in [-0.15, -0.1) is 0 Å². The third kappa shape index (κ3) is 3.13. The molecular formula is C16H12Cl2N2O3S. The minimum Gasteiger partial charge on any atom is -0.478 e. The summed E-state index contributed by atoms with van der Waals surface area (Å²) in [5.74, 6) is 0.863. The van der Waals surface area contributed by atoms with Crippen molar-refractivity contribution in [1.82, 2.24) is 9.55 Å². The number of nitrogens with zero attached hydrogens (tertiary/aromatic N) is 1. The normalized spacial score (nSPS) is 10.8. The number of rotatable bonds is 5. The molecule has 0 atom stereocenters. The van der Waals surface area contributed by atoms with Gasteiger partial charge in [-0.25, -0.2) is 4.57 Å². The van der Waals surface area contributed by atoms with E-state index in [1.807, 2.05) is 6.07 Å². The SMILES string of the molecule is O=c1c2ccccc2[nH]c(=S)n1-c1ccc(OCCl)cc1OCCl. The number of benzene rings is 2. The molecule has 1 heterocycles. The molecule has 0 aliphatic heterocycles. The van der Waals surface area contributed by atoms with Crippen molar-refractivity contribution < 1.29 is 9.47 Å². The molecule has 0 spiro atoms. The maximum atomic E-state index is 12.9. The van der Waals surface area contributed by atoms with Gasteiger partial charge in [0.1, 0.15) is 11.5 Å². The molecule has 3 aromatic rings. The first-order valence-corrected chi connectivity index (χ1v) is 8.39. The van der Waals surface area contributed by atoms with Crippen molar-refractivity contribution in [2.45, 2.75) is 0 Å². The number of hydrogen-bond acceptors (Lipinski definition) is 4. The summed E-state index contributed by atoms with van der Waals surface area (Å²) in [4.78, 5) is 15.9. The molecule has 5 nitrogen and oxygen atoms in total. The van der Waals surface area contributed by atoms with Gasteiger partial charge in [0.05, 0.1) is 16.6 Å². The molecule has 3 rings (SSSR count). The standard InChI is InChI=1S/C16H12Cl2N2O3S/c17-8-22-10-5-6-13(14(7-10)23-9-18)20-15(21)11-3-1-2-4-12(11)19-16(20)24/h1-7H,8-9H2,(H,19,24). The Morgan fingerprint density at radius 3 is 2.58 bits per heavy atom. The lowest BCUT2D eigenvalue weighted by Crippen LogP contribution is -2.21. The van der Waals surface area contributed by atoms with Crippen molar-refractivity contribution in [2.75, 3.05) is 12.1 Å². The maximum Gasteiger partial charge on any atom is 0.266 e. The number of H-pyrrole nitrogens is 1. The quantitative estimate of drug-likeness (QED) is 0.530. The van der Waals surface area contributed by atoms with E-state index in [1.165, 1.54) is 4.57 Å². The van der Waals surface area contributed by atoms with Crippen molar-refractivity contribution in [3.63, 3.8) is 0 Å². The number of aromatic nitrogens is 2. The first-order chi connectivity index (χ1) is 11.7. The van der Waals surface area contributed by atoms with E-state index in [-0.39, 0.29) is 22.5 Å². The van der Waals surface area contributed by atoms with E-state index >= 15 is 0 Å². The topological polar surface area (TPSA) is 56.2 Å². The van der Waals surface area contributed by atoms with Crippen LogP contribution >= 0.6 is 35.4 Å². The second kappa shape index (κ2) is 7.25. The summed E-state index contributed by atoms with van der Waals surface area (Å²) < 4.78 is 12.3. The largest absolute Gasteiger partial charge is 0.478 e. The molecule has 8 heteroatoms. The highest BCUT2D eigenvalue weighted by molar-refractivity contribution is 7.71. The van der Waals surface area contributed by atoms with Gasteiger partial charge in [-0.3, -0.25) is 4.79 Å². The van der Waals surface area contributed by atoms with Gasteiger partial charge in [0.25, 0.3) is 5.56 Å². The second-order valence-electron chi connectivity index (χ2n) is 4.75. The number of para-hydroxylation sites is 1. The molecule has 0 saturated carbocycles. The highest BCUT2D eigenvalue weighted by Crippen LogP contribution is 2.28. The number of aromatic amines is 1. The van der Waals surface area contributed by atoms with Gasteiger partial charge >= 0.3 is 0 Å². The molecule has 0 fully saturated rings. The van der Waals surface area contributed by atoms with Crippen LogP contribution < -0.4 is 15.0 Å². The summed E-state index contributed by atoms with van der Waals surface area (Å²) in [7, 11) is 0. The minimum absolute atomic E-state index is 0.00432. The van der Waals surface area contributed by atoms with Gasteiger partial charge in [0.2, 0.25) is 0 Å². The monoisotopic (exact) mass is 382 g/mol. The van der Waals surface area contributed by atoms with Gasteiger partial charge in [-0.2, -0.15) is 0 Å². The lowest BCUT2D eigenvalue weighted by atomic mass is 10.2. The average Bonchev–Trinajstić information content (AvgIpc) is 2.57. The van der Waals surface area contributed by atoms with Crippen LogP contribution in [0.15, 0.2) is 47.3 Å². The molecule has 0 unspecified atom stereocenters. The van der Waals surface area contributed by atoms with Crippen molar-refractivity contribution in [2.24, 2.45) is 0 Å². The number of alkyl halides is 2. The lowest BCUT2D eigenvalue weighted by molar-refractivity contribution is 0.367. The summed E-state index contributed by atoms with van der Waals surface area (Å²) in [5, 5.41) is 0.518. The Balaban J connectivity index is 2.27. The molecule has 0 saturated heterocycles. The van der Waals surface area contributed by atoms with Gasteiger partial charge in [0.15, 0.2) is 16.9 Å². The van der Waals surface area contributed by atoms with E-state index in [4.69, 9.17) is 44.9 Å². The molecule has 0 aliphatic carbocycles. The first kappa shape index (κ1) is 16.8. The van der Waals surface area contributed by atoms with Gasteiger partial charge < -0.3 is 14.5 Å². The molecule has 24 heavy (non-hydrogen) atoms. The number of nitrogens with one attached hydrogen (secondary N) is 1. The predicted molar refractivity (Wildman–Crippen MR) is 97.4 cm³/mol. The Bertz CT molecular complexity index is 1000. The van der Waals surface area contributed by atoms with E-state index in [0.29, 0.717) is 28.1 Å². The van der Waals surface area contributed by atoms with Crippen molar-refractivity contribution in [1.29, 1.82) is 0 Å². The molecule has 0 amide bonds. The summed E-state index contributed by atoms with van der Waals surface area (Å²) in [5.41, 5.74) is 0.889. The maximum absolute atomic E-state index is 12.9. The highest BCUT2D eigenvalue weighted by atomic mass is 35.5. The van der Waals surface area contributed by atoms with E-state index in [2.05, 4.69) is 4.98 Å². The molecule has 0 radical (unpaired) electrons. The molecule has 0 bridgehead atoms. The fourth-order valence-corrected chi connectivity index (χ4v) is 2.92. The summed E-state index contributed by atoms with van der Waals surface area (Å²) >= 11 is 16.6. The Kier molecular flexibility index (Phi) is 5.08. The predicted octanol–water partition coefficient (Wildman–Crippen LogP) is 4.20. The molecule has 2 aromatic carbocycles.